The van der Waals surface area contributed by atoms with Crippen molar-refractivity contribution in [2.24, 2.45) is 0 Å². The Morgan fingerprint density at radius 1 is 1.26 bits per heavy atom. The number of aromatic nitrogens is 1. The quantitative estimate of drug-likeness (QED) is 0.582. The number of nitro groups is 1. The number of thiophene rings is 1. The fourth-order valence-electron chi connectivity index (χ4n) is 2.24. The van der Waals surface area contributed by atoms with Crippen molar-refractivity contribution in [1.82, 2.24) is 4.98 Å². The molecular weight excluding hydrogens is 312 g/mol. The highest BCUT2D eigenvalue weighted by Gasteiger charge is 2.15. The Labute approximate surface area is 135 Å². The van der Waals surface area contributed by atoms with E-state index in [2.05, 4.69) is 11.1 Å². The molecule has 0 spiro atoms. The van der Waals surface area contributed by atoms with Gasteiger partial charge in [0, 0.05) is 28.1 Å². The molecule has 0 unspecified atom stereocenters. The maximum Gasteiger partial charge on any atom is 0.270 e. The molecule has 2 N–H and O–H groups in total. The molecule has 0 radical (unpaired) electrons. The normalized spacial score (nSPS) is 10.2. The molecule has 1 aromatic carbocycles. The van der Waals surface area contributed by atoms with Gasteiger partial charge in [-0.1, -0.05) is 18.2 Å². The molecule has 2 heterocycles. The molecule has 0 aliphatic heterocycles. The average molecular weight is 322 g/mol. The maximum absolute atomic E-state index is 10.9. The lowest BCUT2D eigenvalue weighted by Crippen LogP contribution is -1.99. The summed E-state index contributed by atoms with van der Waals surface area (Å²) in [5.74, 6) is 0.111. The Morgan fingerprint density at radius 3 is 2.74 bits per heavy atom. The molecule has 112 valence electrons. The van der Waals surface area contributed by atoms with Crippen LogP contribution in [0.15, 0.2) is 47.8 Å². The van der Waals surface area contributed by atoms with Crippen LogP contribution in [0, 0.1) is 21.4 Å². The number of benzene rings is 1. The molecule has 7 heteroatoms. The molecule has 3 rings (SSSR count). The molecular formula is C16H10N4O2S. The van der Waals surface area contributed by atoms with Crippen molar-refractivity contribution in [3.05, 3.63) is 63.5 Å². The van der Waals surface area contributed by atoms with Crippen LogP contribution in [0.4, 0.5) is 11.5 Å². The van der Waals surface area contributed by atoms with E-state index in [0.717, 1.165) is 4.88 Å². The number of rotatable bonds is 3. The smallest absolute Gasteiger partial charge is 0.270 e. The Balaban J connectivity index is 2.20. The minimum atomic E-state index is -0.462. The van der Waals surface area contributed by atoms with Crippen molar-refractivity contribution in [3.8, 4) is 27.8 Å². The summed E-state index contributed by atoms with van der Waals surface area (Å²) >= 11 is 1.48. The topological polar surface area (TPSA) is 106 Å². The standard InChI is InChI=1S/C16H10N4O2S/c17-9-13-12(15-5-2-6-23-15)8-14(19-16(13)18)10-3-1-4-11(7-10)20(21)22/h1-8H,(H2,18,19). The first-order chi connectivity index (χ1) is 11.1. The highest BCUT2D eigenvalue weighted by atomic mass is 32.1. The van der Waals surface area contributed by atoms with Crippen molar-refractivity contribution in [3.63, 3.8) is 0 Å². The third kappa shape index (κ3) is 2.75. The van der Waals surface area contributed by atoms with Crippen LogP contribution in [0.2, 0.25) is 0 Å². The third-order valence-electron chi connectivity index (χ3n) is 3.30. The van der Waals surface area contributed by atoms with Crippen LogP contribution < -0.4 is 5.73 Å². The zero-order chi connectivity index (χ0) is 16.4. The minimum Gasteiger partial charge on any atom is -0.383 e. The summed E-state index contributed by atoms with van der Waals surface area (Å²) in [6, 6.07) is 13.7. The van der Waals surface area contributed by atoms with E-state index in [1.54, 1.807) is 18.2 Å². The molecule has 3 aromatic rings. The molecule has 0 aliphatic rings. The predicted octanol–water partition coefficient (Wildman–Crippen LogP) is 3.84. The summed E-state index contributed by atoms with van der Waals surface area (Å²) < 4.78 is 0. The molecule has 0 saturated carbocycles. The fraction of sp³-hybridized carbons (Fsp3) is 0. The van der Waals surface area contributed by atoms with Gasteiger partial charge in [0.25, 0.3) is 5.69 Å². The summed E-state index contributed by atoms with van der Waals surface area (Å²) in [6.07, 6.45) is 0. The Bertz CT molecular complexity index is 930. The lowest BCUT2D eigenvalue weighted by atomic mass is 10.0. The van der Waals surface area contributed by atoms with Gasteiger partial charge in [0.1, 0.15) is 17.5 Å². The van der Waals surface area contributed by atoms with E-state index < -0.39 is 4.92 Å². The molecule has 0 aliphatic carbocycles. The van der Waals surface area contributed by atoms with Crippen molar-refractivity contribution in [2.45, 2.75) is 0 Å². The lowest BCUT2D eigenvalue weighted by Gasteiger charge is -2.08. The first-order valence-electron chi connectivity index (χ1n) is 6.59. The number of non-ortho nitro benzene ring substituents is 1. The maximum atomic E-state index is 10.9. The van der Waals surface area contributed by atoms with Gasteiger partial charge in [0.2, 0.25) is 0 Å². The number of anilines is 1. The second-order valence-electron chi connectivity index (χ2n) is 4.71. The van der Waals surface area contributed by atoms with Gasteiger partial charge in [0.15, 0.2) is 0 Å². The largest absolute Gasteiger partial charge is 0.383 e. The van der Waals surface area contributed by atoms with E-state index in [1.807, 2.05) is 17.5 Å². The lowest BCUT2D eigenvalue weighted by molar-refractivity contribution is -0.384. The Kier molecular flexibility index (Phi) is 3.75. The van der Waals surface area contributed by atoms with E-state index in [4.69, 9.17) is 5.73 Å². The van der Waals surface area contributed by atoms with E-state index in [9.17, 15) is 15.4 Å². The number of nitro benzene ring substituents is 1. The van der Waals surface area contributed by atoms with E-state index in [0.29, 0.717) is 22.4 Å². The average Bonchev–Trinajstić information content (AvgIpc) is 3.08. The number of hydrogen-bond acceptors (Lipinski definition) is 6. The second kappa shape index (κ2) is 5.87. The molecule has 0 atom stereocenters. The number of nitriles is 1. The van der Waals surface area contributed by atoms with Crippen LogP contribution >= 0.6 is 11.3 Å². The van der Waals surface area contributed by atoms with Crippen molar-refractivity contribution in [1.29, 1.82) is 5.26 Å². The van der Waals surface area contributed by atoms with Gasteiger partial charge in [-0.2, -0.15) is 5.26 Å². The van der Waals surface area contributed by atoms with E-state index >= 15 is 0 Å². The van der Waals surface area contributed by atoms with Gasteiger partial charge in [0.05, 0.1) is 10.6 Å². The molecule has 0 saturated heterocycles. The molecule has 23 heavy (non-hydrogen) atoms. The fourth-order valence-corrected chi connectivity index (χ4v) is 2.98. The Hall–Kier alpha value is -3.24. The predicted molar refractivity (Wildman–Crippen MR) is 88.8 cm³/mol. The number of nitrogens with two attached hydrogens (primary N) is 1. The van der Waals surface area contributed by atoms with Crippen molar-refractivity contribution in [2.75, 3.05) is 5.73 Å². The van der Waals surface area contributed by atoms with Gasteiger partial charge in [-0.25, -0.2) is 4.98 Å². The van der Waals surface area contributed by atoms with E-state index in [1.165, 1.54) is 23.5 Å². The van der Waals surface area contributed by atoms with Gasteiger partial charge in [-0.05, 0) is 17.5 Å². The van der Waals surface area contributed by atoms with Gasteiger partial charge in [-0.15, -0.1) is 11.3 Å². The summed E-state index contributed by atoms with van der Waals surface area (Å²) in [5.41, 5.74) is 7.94. The Morgan fingerprint density at radius 2 is 2.09 bits per heavy atom. The van der Waals surface area contributed by atoms with Crippen LogP contribution in [0.3, 0.4) is 0 Å². The molecule has 0 bridgehead atoms. The molecule has 2 aromatic heterocycles. The minimum absolute atomic E-state index is 0.0232. The van der Waals surface area contributed by atoms with Gasteiger partial charge in [-0.3, -0.25) is 10.1 Å². The number of nitrogen functional groups attached to an aromatic ring is 1. The first kappa shape index (κ1) is 14.7. The van der Waals surface area contributed by atoms with Crippen molar-refractivity contribution >= 4 is 22.8 Å². The molecule has 0 amide bonds. The van der Waals surface area contributed by atoms with E-state index in [-0.39, 0.29) is 11.5 Å². The highest BCUT2D eigenvalue weighted by Crippen LogP contribution is 2.34. The van der Waals surface area contributed by atoms with Gasteiger partial charge >= 0.3 is 0 Å². The number of pyridine rings is 1. The second-order valence-corrected chi connectivity index (χ2v) is 5.66. The van der Waals surface area contributed by atoms with Crippen LogP contribution in [-0.2, 0) is 0 Å². The summed E-state index contributed by atoms with van der Waals surface area (Å²) in [7, 11) is 0. The van der Waals surface area contributed by atoms with Crippen LogP contribution in [0.1, 0.15) is 5.56 Å². The van der Waals surface area contributed by atoms with Crippen molar-refractivity contribution < 1.29 is 4.92 Å². The van der Waals surface area contributed by atoms with Crippen LogP contribution in [-0.4, -0.2) is 9.91 Å². The first-order valence-corrected chi connectivity index (χ1v) is 7.47. The summed E-state index contributed by atoms with van der Waals surface area (Å²) in [5, 5.41) is 22.1. The highest BCUT2D eigenvalue weighted by molar-refractivity contribution is 7.13. The SMILES string of the molecule is N#Cc1c(-c2cccs2)cc(-c2cccc([N+](=O)[O-])c2)nc1N. The summed E-state index contributed by atoms with van der Waals surface area (Å²) in [4.78, 5) is 15.6. The third-order valence-corrected chi connectivity index (χ3v) is 4.20. The molecule has 6 nitrogen and oxygen atoms in total. The van der Waals surface area contributed by atoms with Gasteiger partial charge < -0.3 is 5.73 Å². The number of nitrogens with zero attached hydrogens (tertiary/aromatic N) is 3. The number of hydrogen-bond donors (Lipinski definition) is 1. The van der Waals surface area contributed by atoms with Crippen LogP contribution in [0.25, 0.3) is 21.7 Å². The van der Waals surface area contributed by atoms with Crippen LogP contribution in [0.5, 0.6) is 0 Å². The zero-order valence-electron chi connectivity index (χ0n) is 11.8. The zero-order valence-corrected chi connectivity index (χ0v) is 12.6. The summed E-state index contributed by atoms with van der Waals surface area (Å²) in [6.45, 7) is 0. The monoisotopic (exact) mass is 322 g/mol. The molecule has 0 fully saturated rings.